The third-order valence-electron chi connectivity index (χ3n) is 3.94. The van der Waals surface area contributed by atoms with Gasteiger partial charge < -0.3 is 19.3 Å². The Kier molecular flexibility index (Phi) is 5.88. The average molecular weight is 366 g/mol. The van der Waals surface area contributed by atoms with Crippen molar-refractivity contribution >= 4 is 17.5 Å². The highest BCUT2D eigenvalue weighted by Gasteiger charge is 2.29. The molecule has 0 aromatic carbocycles. The van der Waals surface area contributed by atoms with Gasteiger partial charge in [0.1, 0.15) is 17.6 Å². The minimum Gasteiger partial charge on any atom is -0.486 e. The number of aryl methyl sites for hydroxylation is 2. The van der Waals surface area contributed by atoms with Crippen molar-refractivity contribution in [2.24, 2.45) is 0 Å². The Morgan fingerprint density at radius 2 is 2.36 bits per heavy atom. The van der Waals surface area contributed by atoms with Gasteiger partial charge in [0, 0.05) is 31.0 Å². The van der Waals surface area contributed by atoms with Gasteiger partial charge >= 0.3 is 0 Å². The average Bonchev–Trinajstić information content (AvgIpc) is 3.02. The second-order valence-electron chi connectivity index (χ2n) is 5.95. The van der Waals surface area contributed by atoms with Gasteiger partial charge in [0.05, 0.1) is 25.5 Å². The molecular formula is C17H20ClN3O4. The number of nitrogens with zero attached hydrogens (tertiary/aromatic N) is 2. The van der Waals surface area contributed by atoms with Crippen LogP contribution in [0.3, 0.4) is 0 Å². The molecule has 2 aromatic heterocycles. The van der Waals surface area contributed by atoms with E-state index >= 15 is 0 Å². The van der Waals surface area contributed by atoms with Gasteiger partial charge in [-0.25, -0.2) is 0 Å². The van der Waals surface area contributed by atoms with Gasteiger partial charge in [-0.3, -0.25) is 9.78 Å². The summed E-state index contributed by atoms with van der Waals surface area (Å²) in [4.78, 5) is 16.4. The molecule has 134 valence electrons. The summed E-state index contributed by atoms with van der Waals surface area (Å²) in [5, 5.41) is 6.85. The predicted molar refractivity (Wildman–Crippen MR) is 90.6 cm³/mol. The van der Waals surface area contributed by atoms with Crippen LogP contribution in [0, 0.1) is 6.92 Å². The van der Waals surface area contributed by atoms with E-state index < -0.39 is 0 Å². The molecule has 1 amide bonds. The van der Waals surface area contributed by atoms with Gasteiger partial charge in [-0.1, -0.05) is 16.8 Å². The summed E-state index contributed by atoms with van der Waals surface area (Å²) in [6, 6.07) is 5.17. The molecule has 25 heavy (non-hydrogen) atoms. The fourth-order valence-corrected chi connectivity index (χ4v) is 2.77. The van der Waals surface area contributed by atoms with E-state index in [2.05, 4.69) is 15.5 Å². The van der Waals surface area contributed by atoms with Crippen LogP contribution in [0.5, 0.6) is 5.75 Å². The number of amides is 1. The molecule has 0 unspecified atom stereocenters. The third-order valence-corrected chi connectivity index (χ3v) is 4.12. The molecule has 0 spiro atoms. The highest BCUT2D eigenvalue weighted by Crippen LogP contribution is 2.18. The van der Waals surface area contributed by atoms with Crippen LogP contribution in [0.1, 0.15) is 24.3 Å². The fraction of sp³-hybridized carbons (Fsp3) is 0.471. The van der Waals surface area contributed by atoms with Crippen molar-refractivity contribution in [3.63, 3.8) is 0 Å². The molecule has 0 saturated carbocycles. The normalized spacial score (nSPS) is 20.2. The van der Waals surface area contributed by atoms with E-state index in [9.17, 15) is 4.79 Å². The Hall–Kier alpha value is -2.12. The van der Waals surface area contributed by atoms with Crippen LogP contribution < -0.4 is 10.1 Å². The number of aromatic nitrogens is 2. The Morgan fingerprint density at radius 3 is 3.08 bits per heavy atom. The molecular weight excluding hydrogens is 346 g/mol. The van der Waals surface area contributed by atoms with Gasteiger partial charge in [-0.2, -0.15) is 0 Å². The molecule has 1 N–H and O–H groups in total. The van der Waals surface area contributed by atoms with E-state index in [4.69, 9.17) is 25.6 Å². The van der Waals surface area contributed by atoms with Crippen LogP contribution in [0.25, 0.3) is 0 Å². The lowest BCUT2D eigenvalue weighted by Crippen LogP contribution is -2.51. The lowest BCUT2D eigenvalue weighted by molar-refractivity contribution is -0.124. The zero-order valence-electron chi connectivity index (χ0n) is 13.9. The summed E-state index contributed by atoms with van der Waals surface area (Å²) in [6.07, 6.45) is 2.96. The van der Waals surface area contributed by atoms with Crippen LogP contribution in [-0.4, -0.2) is 41.4 Å². The number of nitrogens with one attached hydrogen (secondary N) is 1. The van der Waals surface area contributed by atoms with Crippen molar-refractivity contribution in [3.8, 4) is 5.75 Å². The molecule has 7 nitrogen and oxygen atoms in total. The molecule has 8 heteroatoms. The molecule has 1 fully saturated rings. The SMILES string of the molecule is Cc1ccc(O[C@@H]2CCOC[C@@H]2NC(=O)CCc2cc(Cl)no2)cn1. The zero-order chi connectivity index (χ0) is 17.6. The maximum Gasteiger partial charge on any atom is 0.220 e. The smallest absolute Gasteiger partial charge is 0.220 e. The number of hydrogen-bond donors (Lipinski definition) is 1. The van der Waals surface area contributed by atoms with E-state index in [-0.39, 0.29) is 29.6 Å². The van der Waals surface area contributed by atoms with E-state index in [0.717, 1.165) is 5.69 Å². The number of halogens is 1. The summed E-state index contributed by atoms with van der Waals surface area (Å²) < 4.78 is 16.5. The van der Waals surface area contributed by atoms with Crippen LogP contribution in [0.15, 0.2) is 28.9 Å². The first-order valence-corrected chi connectivity index (χ1v) is 8.55. The lowest BCUT2D eigenvalue weighted by Gasteiger charge is -2.32. The molecule has 1 aliphatic heterocycles. The third kappa shape index (κ3) is 5.17. The summed E-state index contributed by atoms with van der Waals surface area (Å²) in [6.45, 7) is 2.94. The number of rotatable bonds is 6. The summed E-state index contributed by atoms with van der Waals surface area (Å²) >= 11 is 5.69. The van der Waals surface area contributed by atoms with Gasteiger partial charge in [-0.15, -0.1) is 0 Å². The molecule has 1 saturated heterocycles. The number of carbonyl (C=O) groups excluding carboxylic acids is 1. The molecule has 3 rings (SSSR count). The summed E-state index contributed by atoms with van der Waals surface area (Å²) in [5.41, 5.74) is 0.927. The van der Waals surface area contributed by atoms with Crippen molar-refractivity contribution in [1.82, 2.24) is 15.5 Å². The predicted octanol–water partition coefficient (Wildman–Crippen LogP) is 2.32. The Morgan fingerprint density at radius 1 is 1.48 bits per heavy atom. The van der Waals surface area contributed by atoms with Crippen LogP contribution in [0.4, 0.5) is 0 Å². The molecule has 0 bridgehead atoms. The Labute approximate surface area is 150 Å². The molecule has 1 aliphatic rings. The second kappa shape index (κ2) is 8.31. The minimum atomic E-state index is -0.208. The molecule has 2 aromatic rings. The minimum absolute atomic E-state index is 0.0985. The Balaban J connectivity index is 1.53. The highest BCUT2D eigenvalue weighted by molar-refractivity contribution is 6.29. The fourth-order valence-electron chi connectivity index (χ4n) is 2.61. The first-order valence-electron chi connectivity index (χ1n) is 8.17. The van der Waals surface area contributed by atoms with Gasteiger partial charge in [0.15, 0.2) is 5.15 Å². The summed E-state index contributed by atoms with van der Waals surface area (Å²) in [5.74, 6) is 1.17. The lowest BCUT2D eigenvalue weighted by atomic mass is 10.1. The van der Waals surface area contributed by atoms with Gasteiger partial charge in [-0.05, 0) is 19.1 Å². The standard InChI is InChI=1S/C17H20ClN3O4/c1-11-2-3-13(9-19-11)24-15-6-7-23-10-14(15)20-17(22)5-4-12-8-16(18)21-25-12/h2-3,8-9,14-15H,4-7,10H2,1H3,(H,20,22)/t14-,15+/m0/s1. The maximum absolute atomic E-state index is 12.2. The monoisotopic (exact) mass is 365 g/mol. The molecule has 2 atom stereocenters. The maximum atomic E-state index is 12.2. The summed E-state index contributed by atoms with van der Waals surface area (Å²) in [7, 11) is 0. The first kappa shape index (κ1) is 17.7. The highest BCUT2D eigenvalue weighted by atomic mass is 35.5. The van der Waals surface area contributed by atoms with E-state index in [1.807, 2.05) is 19.1 Å². The molecule has 0 aliphatic carbocycles. The van der Waals surface area contributed by atoms with Crippen molar-refractivity contribution in [1.29, 1.82) is 0 Å². The van der Waals surface area contributed by atoms with E-state index in [1.165, 1.54) is 0 Å². The number of hydrogen-bond acceptors (Lipinski definition) is 6. The van der Waals surface area contributed by atoms with Crippen LogP contribution in [-0.2, 0) is 16.0 Å². The quantitative estimate of drug-likeness (QED) is 0.845. The van der Waals surface area contributed by atoms with E-state index in [1.54, 1.807) is 12.3 Å². The Bertz CT molecular complexity index is 704. The topological polar surface area (TPSA) is 86.5 Å². The van der Waals surface area contributed by atoms with Gasteiger partial charge in [0.2, 0.25) is 5.91 Å². The van der Waals surface area contributed by atoms with Crippen LogP contribution >= 0.6 is 11.6 Å². The number of carbonyl (C=O) groups is 1. The number of ether oxygens (including phenoxy) is 2. The van der Waals surface area contributed by atoms with Crippen molar-refractivity contribution < 1.29 is 18.8 Å². The van der Waals surface area contributed by atoms with Crippen molar-refractivity contribution in [3.05, 3.63) is 41.0 Å². The molecule has 0 radical (unpaired) electrons. The van der Waals surface area contributed by atoms with Gasteiger partial charge in [0.25, 0.3) is 0 Å². The number of pyridine rings is 1. The van der Waals surface area contributed by atoms with Crippen molar-refractivity contribution in [2.75, 3.05) is 13.2 Å². The largest absolute Gasteiger partial charge is 0.486 e. The van der Waals surface area contributed by atoms with Crippen LogP contribution in [0.2, 0.25) is 5.15 Å². The first-order chi connectivity index (χ1) is 12.1. The molecule has 3 heterocycles. The van der Waals surface area contributed by atoms with Crippen molar-refractivity contribution in [2.45, 2.75) is 38.3 Å². The second-order valence-corrected chi connectivity index (χ2v) is 6.33. The van der Waals surface area contributed by atoms with E-state index in [0.29, 0.717) is 37.6 Å². The zero-order valence-corrected chi connectivity index (χ0v) is 14.7.